The normalized spacial score (nSPS) is 19.7. The van der Waals surface area contributed by atoms with Gasteiger partial charge in [-0.1, -0.05) is 0 Å². The molecular formula is C11H17N3O3. The van der Waals surface area contributed by atoms with E-state index in [0.717, 1.165) is 12.6 Å². The quantitative estimate of drug-likeness (QED) is 0.413. The zero-order valence-electron chi connectivity index (χ0n) is 10.3. The van der Waals surface area contributed by atoms with E-state index in [1.54, 1.807) is 20.8 Å². The standard InChI is InChI=1S/C11H17N3O3/c1-11(2,3)17-10(16)14-6-4-5-8(14)9(15)7-13-12/h7-8H,4-6H2,1-3H3/t8-/m0/s1. The number of Topliss-reactive ketones (excluding diaryl/α,β-unsaturated/α-hetero) is 1. The van der Waals surface area contributed by atoms with Crippen LogP contribution in [0.15, 0.2) is 0 Å². The third-order valence-electron chi connectivity index (χ3n) is 2.39. The number of rotatable bonds is 2. The van der Waals surface area contributed by atoms with Crippen LogP contribution in [0.3, 0.4) is 0 Å². The Balaban J connectivity index is 2.72. The minimum atomic E-state index is -0.585. The minimum Gasteiger partial charge on any atom is -0.444 e. The van der Waals surface area contributed by atoms with Crippen LogP contribution in [0, 0.1) is 0 Å². The second-order valence-electron chi connectivity index (χ2n) is 4.98. The van der Waals surface area contributed by atoms with Gasteiger partial charge in [0.2, 0.25) is 0 Å². The molecule has 0 aromatic carbocycles. The molecule has 1 amide bonds. The highest BCUT2D eigenvalue weighted by Gasteiger charge is 2.37. The number of carbonyl (C=O) groups is 2. The van der Waals surface area contributed by atoms with E-state index >= 15 is 0 Å². The Bertz CT molecular complexity index is 367. The fraction of sp³-hybridized carbons (Fsp3) is 0.727. The van der Waals surface area contributed by atoms with Crippen molar-refractivity contribution in [1.29, 1.82) is 0 Å². The van der Waals surface area contributed by atoms with Crippen LogP contribution in [0.4, 0.5) is 4.79 Å². The van der Waals surface area contributed by atoms with Crippen molar-refractivity contribution in [3.05, 3.63) is 5.53 Å². The van der Waals surface area contributed by atoms with Crippen molar-refractivity contribution in [2.45, 2.75) is 45.3 Å². The van der Waals surface area contributed by atoms with Gasteiger partial charge >= 0.3 is 12.3 Å². The first-order valence-electron chi connectivity index (χ1n) is 5.56. The molecule has 1 rings (SSSR count). The van der Waals surface area contributed by atoms with Gasteiger partial charge in [-0.25, -0.2) is 4.79 Å². The molecule has 0 saturated carbocycles. The molecule has 0 radical (unpaired) electrons. The Kier molecular flexibility index (Phi) is 4.02. The second kappa shape index (κ2) is 5.10. The van der Waals surface area contributed by atoms with Crippen LogP contribution in [0.2, 0.25) is 0 Å². The molecule has 1 heterocycles. The molecule has 0 unspecified atom stereocenters. The van der Waals surface area contributed by atoms with Crippen molar-refractivity contribution in [3.8, 4) is 0 Å². The van der Waals surface area contributed by atoms with Crippen LogP contribution in [0.1, 0.15) is 33.6 Å². The van der Waals surface area contributed by atoms with Gasteiger partial charge < -0.3 is 10.3 Å². The van der Waals surface area contributed by atoms with Crippen molar-refractivity contribution in [2.75, 3.05) is 6.54 Å². The van der Waals surface area contributed by atoms with Gasteiger partial charge in [0.1, 0.15) is 11.6 Å². The van der Waals surface area contributed by atoms with E-state index in [9.17, 15) is 9.59 Å². The number of ketones is 1. The highest BCUT2D eigenvalue weighted by atomic mass is 16.6. The minimum absolute atomic E-state index is 0.379. The number of ether oxygens (including phenoxy) is 1. The van der Waals surface area contributed by atoms with Gasteiger partial charge in [0, 0.05) is 6.54 Å². The van der Waals surface area contributed by atoms with Gasteiger partial charge in [-0.2, -0.15) is 4.79 Å². The molecule has 1 aliphatic heterocycles. The second-order valence-corrected chi connectivity index (χ2v) is 4.98. The smallest absolute Gasteiger partial charge is 0.410 e. The summed E-state index contributed by atoms with van der Waals surface area (Å²) >= 11 is 0. The van der Waals surface area contributed by atoms with E-state index in [2.05, 4.69) is 4.79 Å². The summed E-state index contributed by atoms with van der Waals surface area (Å²) in [5, 5.41) is 0. The van der Waals surface area contributed by atoms with Gasteiger partial charge in [-0.05, 0) is 33.6 Å². The highest BCUT2D eigenvalue weighted by molar-refractivity contribution is 6.28. The molecule has 17 heavy (non-hydrogen) atoms. The Labute approximate surface area is 100 Å². The van der Waals surface area contributed by atoms with Crippen molar-refractivity contribution in [3.63, 3.8) is 0 Å². The SMILES string of the molecule is CC(C)(C)OC(=O)N1CCC[C@H]1C(=O)C=[N+]=[N-]. The van der Waals surface area contributed by atoms with Crippen molar-refractivity contribution in [1.82, 2.24) is 4.90 Å². The number of hydrogen-bond donors (Lipinski definition) is 0. The summed E-state index contributed by atoms with van der Waals surface area (Å²) in [7, 11) is 0. The topological polar surface area (TPSA) is 83.0 Å². The van der Waals surface area contributed by atoms with E-state index in [1.165, 1.54) is 4.90 Å². The maximum absolute atomic E-state index is 11.8. The van der Waals surface area contributed by atoms with Crippen LogP contribution in [-0.2, 0) is 9.53 Å². The predicted molar refractivity (Wildman–Crippen MR) is 60.7 cm³/mol. The lowest BCUT2D eigenvalue weighted by Crippen LogP contribution is -2.43. The van der Waals surface area contributed by atoms with Gasteiger partial charge in [0.25, 0.3) is 5.78 Å². The predicted octanol–water partition coefficient (Wildman–Crippen LogP) is 1.26. The fourth-order valence-corrected chi connectivity index (χ4v) is 1.74. The number of amides is 1. The zero-order chi connectivity index (χ0) is 13.1. The number of hydrogen-bond acceptors (Lipinski definition) is 3. The third kappa shape index (κ3) is 3.67. The summed E-state index contributed by atoms with van der Waals surface area (Å²) < 4.78 is 5.21. The van der Waals surface area contributed by atoms with E-state index < -0.39 is 17.7 Å². The molecule has 0 spiro atoms. The van der Waals surface area contributed by atoms with Gasteiger partial charge in [0.05, 0.1) is 0 Å². The molecule has 94 valence electrons. The lowest BCUT2D eigenvalue weighted by molar-refractivity contribution is -0.120. The van der Waals surface area contributed by atoms with Crippen LogP contribution in [-0.4, -0.2) is 46.0 Å². The Morgan fingerprint density at radius 1 is 1.47 bits per heavy atom. The lowest BCUT2D eigenvalue weighted by atomic mass is 10.1. The molecule has 1 aliphatic rings. The summed E-state index contributed by atoms with van der Waals surface area (Å²) in [6, 6.07) is -0.569. The monoisotopic (exact) mass is 239 g/mol. The van der Waals surface area contributed by atoms with Crippen LogP contribution >= 0.6 is 0 Å². The van der Waals surface area contributed by atoms with Crippen LogP contribution in [0.25, 0.3) is 5.53 Å². The molecule has 0 N–H and O–H groups in total. The van der Waals surface area contributed by atoms with Crippen molar-refractivity contribution >= 4 is 18.1 Å². The van der Waals surface area contributed by atoms with Gasteiger partial charge in [0.15, 0.2) is 0 Å². The highest BCUT2D eigenvalue weighted by Crippen LogP contribution is 2.20. The first kappa shape index (κ1) is 13.4. The molecule has 6 heteroatoms. The molecule has 0 bridgehead atoms. The van der Waals surface area contributed by atoms with Gasteiger partial charge in [-0.15, -0.1) is 0 Å². The maximum Gasteiger partial charge on any atom is 0.410 e. The van der Waals surface area contributed by atoms with E-state index in [-0.39, 0.29) is 5.78 Å². The Morgan fingerprint density at radius 3 is 2.65 bits per heavy atom. The molecule has 0 aliphatic carbocycles. The summed E-state index contributed by atoms with van der Waals surface area (Å²) in [6.07, 6.45) is 1.64. The molecular weight excluding hydrogens is 222 g/mol. The summed E-state index contributed by atoms with van der Waals surface area (Å²) in [4.78, 5) is 27.5. The third-order valence-corrected chi connectivity index (χ3v) is 2.39. The number of carbonyl (C=O) groups excluding carboxylic acids is 2. The molecule has 6 nitrogen and oxygen atoms in total. The fourth-order valence-electron chi connectivity index (χ4n) is 1.74. The summed E-state index contributed by atoms with van der Waals surface area (Å²) in [5.74, 6) is -0.379. The summed E-state index contributed by atoms with van der Waals surface area (Å²) in [5.41, 5.74) is 7.74. The van der Waals surface area contributed by atoms with E-state index in [4.69, 9.17) is 10.3 Å². The lowest BCUT2D eigenvalue weighted by Gasteiger charge is -2.26. The molecule has 1 saturated heterocycles. The van der Waals surface area contributed by atoms with Gasteiger partial charge in [-0.3, -0.25) is 9.69 Å². The largest absolute Gasteiger partial charge is 0.444 e. The number of nitrogens with zero attached hydrogens (tertiary/aromatic N) is 3. The van der Waals surface area contributed by atoms with E-state index in [1.807, 2.05) is 0 Å². The average molecular weight is 239 g/mol. The number of likely N-dealkylation sites (tertiary alicyclic amines) is 1. The summed E-state index contributed by atoms with van der Waals surface area (Å²) in [6.45, 7) is 5.80. The van der Waals surface area contributed by atoms with Crippen molar-refractivity contribution < 1.29 is 19.1 Å². The van der Waals surface area contributed by atoms with Crippen molar-refractivity contribution in [2.24, 2.45) is 0 Å². The Hall–Kier alpha value is -1.68. The Morgan fingerprint density at radius 2 is 2.12 bits per heavy atom. The van der Waals surface area contributed by atoms with E-state index in [0.29, 0.717) is 13.0 Å². The zero-order valence-corrected chi connectivity index (χ0v) is 10.3. The molecule has 0 aromatic heterocycles. The average Bonchev–Trinajstić information content (AvgIpc) is 2.63. The van der Waals surface area contributed by atoms with Crippen LogP contribution in [0.5, 0.6) is 0 Å². The first-order chi connectivity index (χ1) is 7.85. The first-order valence-corrected chi connectivity index (χ1v) is 5.56. The molecule has 1 fully saturated rings. The van der Waals surface area contributed by atoms with Crippen LogP contribution < -0.4 is 0 Å². The molecule has 0 aromatic rings. The molecule has 1 atom stereocenters. The maximum atomic E-state index is 11.8.